The van der Waals surface area contributed by atoms with Gasteiger partial charge in [0.1, 0.15) is 18.1 Å². The third kappa shape index (κ3) is 4.47. The summed E-state index contributed by atoms with van der Waals surface area (Å²) in [6.45, 7) is 2.27. The summed E-state index contributed by atoms with van der Waals surface area (Å²) >= 11 is 0. The molecule has 0 radical (unpaired) electrons. The van der Waals surface area contributed by atoms with Gasteiger partial charge in [0.2, 0.25) is 5.89 Å². The molecule has 0 bridgehead atoms. The molecule has 1 N–H and O–H groups in total. The van der Waals surface area contributed by atoms with Crippen molar-refractivity contribution in [3.05, 3.63) is 83.6 Å². The highest BCUT2D eigenvalue weighted by Crippen LogP contribution is 2.29. The van der Waals surface area contributed by atoms with E-state index in [1.54, 1.807) is 13.1 Å². The van der Waals surface area contributed by atoms with Crippen LogP contribution >= 0.6 is 0 Å². The van der Waals surface area contributed by atoms with Gasteiger partial charge in [-0.25, -0.2) is 4.98 Å². The Hall–Kier alpha value is -3.08. The lowest BCUT2D eigenvalue weighted by Crippen LogP contribution is -2.08. The van der Waals surface area contributed by atoms with Crippen molar-refractivity contribution < 1.29 is 19.1 Å². The second-order valence-corrected chi connectivity index (χ2v) is 5.80. The molecule has 1 unspecified atom stereocenters. The Morgan fingerprint density at radius 1 is 1.16 bits per heavy atom. The molecule has 3 aromatic rings. The Morgan fingerprint density at radius 2 is 1.88 bits per heavy atom. The van der Waals surface area contributed by atoms with Gasteiger partial charge in [-0.1, -0.05) is 42.5 Å². The SMILES string of the molecule is Cc1cnc(C(CC(=O)O)c2ccc(OCc3ccccc3)cc2)o1. The molecule has 1 aromatic heterocycles. The zero-order valence-electron chi connectivity index (χ0n) is 13.9. The summed E-state index contributed by atoms with van der Waals surface area (Å²) in [7, 11) is 0. The van der Waals surface area contributed by atoms with Crippen molar-refractivity contribution in [2.75, 3.05) is 0 Å². The lowest BCUT2D eigenvalue weighted by molar-refractivity contribution is -0.137. The molecule has 1 heterocycles. The second kappa shape index (κ2) is 7.66. The first-order chi connectivity index (χ1) is 12.1. The van der Waals surface area contributed by atoms with E-state index in [1.807, 2.05) is 54.6 Å². The molecule has 2 aromatic carbocycles. The van der Waals surface area contributed by atoms with Crippen LogP contribution < -0.4 is 4.74 Å². The molecule has 0 aliphatic rings. The Kier molecular flexibility index (Phi) is 5.14. The van der Waals surface area contributed by atoms with Crippen molar-refractivity contribution in [3.8, 4) is 5.75 Å². The summed E-state index contributed by atoms with van der Waals surface area (Å²) in [5.74, 6) is 0.482. The quantitative estimate of drug-likeness (QED) is 0.700. The lowest BCUT2D eigenvalue weighted by Gasteiger charge is -2.13. The van der Waals surface area contributed by atoms with Crippen LogP contribution in [-0.4, -0.2) is 16.1 Å². The van der Waals surface area contributed by atoms with Gasteiger partial charge in [0.25, 0.3) is 0 Å². The Morgan fingerprint density at radius 3 is 2.48 bits per heavy atom. The fourth-order valence-corrected chi connectivity index (χ4v) is 2.59. The predicted molar refractivity (Wildman–Crippen MR) is 92.6 cm³/mol. The second-order valence-electron chi connectivity index (χ2n) is 5.80. The van der Waals surface area contributed by atoms with Gasteiger partial charge < -0.3 is 14.3 Å². The summed E-state index contributed by atoms with van der Waals surface area (Å²) < 4.78 is 11.3. The minimum atomic E-state index is -0.898. The number of carbonyl (C=O) groups is 1. The number of hydrogen-bond donors (Lipinski definition) is 1. The average Bonchev–Trinajstić information content (AvgIpc) is 3.05. The zero-order chi connectivity index (χ0) is 17.6. The first-order valence-corrected chi connectivity index (χ1v) is 8.02. The fraction of sp³-hybridized carbons (Fsp3) is 0.200. The molecule has 0 amide bonds. The summed E-state index contributed by atoms with van der Waals surface area (Å²) in [5, 5.41) is 9.18. The van der Waals surface area contributed by atoms with Crippen LogP contribution in [0.15, 0.2) is 65.2 Å². The molecule has 0 spiro atoms. The smallest absolute Gasteiger partial charge is 0.304 e. The number of aromatic nitrogens is 1. The van der Waals surface area contributed by atoms with E-state index in [2.05, 4.69) is 4.98 Å². The van der Waals surface area contributed by atoms with Gasteiger partial charge in [0.05, 0.1) is 18.5 Å². The van der Waals surface area contributed by atoms with Crippen molar-refractivity contribution in [2.24, 2.45) is 0 Å². The van der Waals surface area contributed by atoms with Crippen LogP contribution in [0.2, 0.25) is 0 Å². The number of aryl methyl sites for hydroxylation is 1. The molecule has 0 saturated heterocycles. The van der Waals surface area contributed by atoms with Crippen LogP contribution in [-0.2, 0) is 11.4 Å². The number of benzene rings is 2. The number of hydrogen-bond acceptors (Lipinski definition) is 4. The molecule has 5 nitrogen and oxygen atoms in total. The van der Waals surface area contributed by atoms with Crippen LogP contribution in [0.25, 0.3) is 0 Å². The Balaban J connectivity index is 1.73. The summed E-state index contributed by atoms with van der Waals surface area (Å²) in [6, 6.07) is 17.3. The number of oxazole rings is 1. The van der Waals surface area contributed by atoms with E-state index in [1.165, 1.54) is 0 Å². The first kappa shape index (κ1) is 16.8. The van der Waals surface area contributed by atoms with Crippen LogP contribution in [0.5, 0.6) is 5.75 Å². The number of nitrogens with zero attached hydrogens (tertiary/aromatic N) is 1. The maximum absolute atomic E-state index is 11.2. The highest BCUT2D eigenvalue weighted by atomic mass is 16.5. The molecule has 5 heteroatoms. The van der Waals surface area contributed by atoms with E-state index in [0.29, 0.717) is 18.3 Å². The number of rotatable bonds is 7. The normalized spacial score (nSPS) is 11.9. The number of carboxylic acids is 1. The third-order valence-electron chi connectivity index (χ3n) is 3.85. The Labute approximate surface area is 145 Å². The van der Waals surface area contributed by atoms with Gasteiger partial charge in [0.15, 0.2) is 0 Å². The summed E-state index contributed by atoms with van der Waals surface area (Å²) in [4.78, 5) is 15.4. The van der Waals surface area contributed by atoms with Gasteiger partial charge in [0, 0.05) is 0 Å². The van der Waals surface area contributed by atoms with Crippen molar-refractivity contribution in [1.29, 1.82) is 0 Å². The van der Waals surface area contributed by atoms with Crippen LogP contribution in [0, 0.1) is 6.92 Å². The van der Waals surface area contributed by atoms with Crippen molar-refractivity contribution in [1.82, 2.24) is 4.98 Å². The monoisotopic (exact) mass is 337 g/mol. The molecular formula is C20H19NO4. The molecule has 0 aliphatic carbocycles. The summed E-state index contributed by atoms with van der Waals surface area (Å²) in [5.41, 5.74) is 1.92. The molecule has 128 valence electrons. The van der Waals surface area contributed by atoms with E-state index in [9.17, 15) is 9.90 Å². The minimum absolute atomic E-state index is 0.0792. The Bertz CT molecular complexity index is 824. The van der Waals surface area contributed by atoms with Gasteiger partial charge in [-0.15, -0.1) is 0 Å². The molecule has 0 fully saturated rings. The number of ether oxygens (including phenoxy) is 1. The third-order valence-corrected chi connectivity index (χ3v) is 3.85. The van der Waals surface area contributed by atoms with Gasteiger partial charge in [-0.2, -0.15) is 0 Å². The van der Waals surface area contributed by atoms with E-state index in [-0.39, 0.29) is 6.42 Å². The van der Waals surface area contributed by atoms with E-state index in [0.717, 1.165) is 16.9 Å². The van der Waals surface area contributed by atoms with E-state index in [4.69, 9.17) is 9.15 Å². The van der Waals surface area contributed by atoms with Gasteiger partial charge in [-0.3, -0.25) is 4.79 Å². The van der Waals surface area contributed by atoms with E-state index < -0.39 is 11.9 Å². The van der Waals surface area contributed by atoms with Crippen LogP contribution in [0.3, 0.4) is 0 Å². The van der Waals surface area contributed by atoms with Crippen LogP contribution in [0.1, 0.15) is 35.1 Å². The molecule has 0 saturated carbocycles. The average molecular weight is 337 g/mol. The molecule has 1 atom stereocenters. The molecule has 0 aliphatic heterocycles. The van der Waals surface area contributed by atoms with Crippen molar-refractivity contribution in [3.63, 3.8) is 0 Å². The van der Waals surface area contributed by atoms with Crippen molar-refractivity contribution >= 4 is 5.97 Å². The number of aliphatic carboxylic acids is 1. The highest BCUT2D eigenvalue weighted by Gasteiger charge is 2.22. The van der Waals surface area contributed by atoms with Gasteiger partial charge in [-0.05, 0) is 30.2 Å². The predicted octanol–water partition coefficient (Wildman–Crippen LogP) is 4.17. The molecule has 3 rings (SSSR count). The zero-order valence-corrected chi connectivity index (χ0v) is 13.9. The minimum Gasteiger partial charge on any atom is -0.489 e. The highest BCUT2D eigenvalue weighted by molar-refractivity contribution is 5.68. The first-order valence-electron chi connectivity index (χ1n) is 8.02. The standard InChI is InChI=1S/C20H19NO4/c1-14-12-21-20(25-14)18(11-19(22)23)16-7-9-17(10-8-16)24-13-15-5-3-2-4-6-15/h2-10,12,18H,11,13H2,1H3,(H,22,23). The molecular weight excluding hydrogens is 318 g/mol. The van der Waals surface area contributed by atoms with E-state index >= 15 is 0 Å². The largest absolute Gasteiger partial charge is 0.489 e. The van der Waals surface area contributed by atoms with Crippen LogP contribution in [0.4, 0.5) is 0 Å². The maximum atomic E-state index is 11.2. The number of carboxylic acid groups (broad SMARTS) is 1. The van der Waals surface area contributed by atoms with Gasteiger partial charge >= 0.3 is 5.97 Å². The maximum Gasteiger partial charge on any atom is 0.304 e. The topological polar surface area (TPSA) is 72.6 Å². The molecule has 25 heavy (non-hydrogen) atoms. The van der Waals surface area contributed by atoms with Crippen molar-refractivity contribution in [2.45, 2.75) is 25.9 Å². The lowest BCUT2D eigenvalue weighted by atomic mass is 9.95. The summed E-state index contributed by atoms with van der Waals surface area (Å²) in [6.07, 6.45) is 1.52. The fourth-order valence-electron chi connectivity index (χ4n) is 2.59.